The lowest BCUT2D eigenvalue weighted by molar-refractivity contribution is 0.0712. The lowest BCUT2D eigenvalue weighted by Gasteiger charge is -2.27. The van der Waals surface area contributed by atoms with Crippen molar-refractivity contribution in [3.05, 3.63) is 47.4 Å². The lowest BCUT2D eigenvalue weighted by Crippen LogP contribution is -2.37. The van der Waals surface area contributed by atoms with E-state index in [0.717, 1.165) is 39.6 Å². The Morgan fingerprint density at radius 3 is 3.10 bits per heavy atom. The van der Waals surface area contributed by atoms with Gasteiger partial charge < -0.3 is 15.2 Å². The summed E-state index contributed by atoms with van der Waals surface area (Å²) in [6.45, 7) is 2.10. The molecule has 5 nitrogen and oxygen atoms in total. The van der Waals surface area contributed by atoms with Crippen LogP contribution in [0.15, 0.2) is 36.7 Å². The van der Waals surface area contributed by atoms with Crippen LogP contribution in [0.1, 0.15) is 15.5 Å². The number of imidazole rings is 1. The summed E-state index contributed by atoms with van der Waals surface area (Å²) in [5.74, 6) is 1.02. The number of nitrogens with two attached hydrogens (primary N) is 1. The Morgan fingerprint density at radius 2 is 2.19 bits per heavy atom. The monoisotopic (exact) mass is 298 g/mol. The minimum Gasteiger partial charge on any atom is -0.399 e. The van der Waals surface area contributed by atoms with Gasteiger partial charge in [-0.1, -0.05) is 0 Å². The van der Waals surface area contributed by atoms with Crippen LogP contribution < -0.4 is 5.73 Å². The van der Waals surface area contributed by atoms with Crippen molar-refractivity contribution in [1.29, 1.82) is 0 Å². The van der Waals surface area contributed by atoms with Crippen LogP contribution in [0.3, 0.4) is 0 Å². The van der Waals surface area contributed by atoms with Gasteiger partial charge >= 0.3 is 0 Å². The summed E-state index contributed by atoms with van der Waals surface area (Å²) >= 11 is 1.52. The van der Waals surface area contributed by atoms with Crippen LogP contribution in [0.5, 0.6) is 0 Å². The fraction of sp³-hybridized carbons (Fsp3) is 0.200. The minimum absolute atomic E-state index is 0.0732. The molecule has 0 saturated carbocycles. The maximum atomic E-state index is 12.7. The number of benzene rings is 1. The van der Waals surface area contributed by atoms with E-state index < -0.39 is 0 Å². The zero-order valence-corrected chi connectivity index (χ0v) is 12.1. The van der Waals surface area contributed by atoms with Crippen LogP contribution in [0.2, 0.25) is 0 Å². The van der Waals surface area contributed by atoms with Gasteiger partial charge in [0.05, 0.1) is 11.4 Å². The van der Waals surface area contributed by atoms with Gasteiger partial charge in [0, 0.05) is 35.9 Å². The van der Waals surface area contributed by atoms with Gasteiger partial charge in [-0.25, -0.2) is 4.98 Å². The summed E-state index contributed by atoms with van der Waals surface area (Å²) < 4.78 is 3.18. The predicted octanol–water partition coefficient (Wildman–Crippen LogP) is 2.34. The maximum Gasteiger partial charge on any atom is 0.264 e. The highest BCUT2D eigenvalue weighted by Gasteiger charge is 2.23. The van der Waals surface area contributed by atoms with E-state index in [1.54, 1.807) is 6.20 Å². The molecule has 1 amide bonds. The highest BCUT2D eigenvalue weighted by atomic mass is 32.1. The van der Waals surface area contributed by atoms with Crippen molar-refractivity contribution in [2.75, 3.05) is 12.3 Å². The molecule has 21 heavy (non-hydrogen) atoms. The highest BCUT2D eigenvalue weighted by Crippen LogP contribution is 2.28. The second-order valence-electron chi connectivity index (χ2n) is 5.17. The van der Waals surface area contributed by atoms with E-state index >= 15 is 0 Å². The summed E-state index contributed by atoms with van der Waals surface area (Å²) in [5.41, 5.74) is 6.51. The van der Waals surface area contributed by atoms with Crippen molar-refractivity contribution in [1.82, 2.24) is 14.5 Å². The molecule has 0 atom stereocenters. The van der Waals surface area contributed by atoms with Crippen LogP contribution in [0.25, 0.3) is 10.1 Å². The fourth-order valence-corrected chi connectivity index (χ4v) is 3.68. The number of rotatable bonds is 1. The molecule has 1 aliphatic heterocycles. The first-order valence-corrected chi connectivity index (χ1v) is 7.61. The van der Waals surface area contributed by atoms with E-state index in [2.05, 4.69) is 9.55 Å². The van der Waals surface area contributed by atoms with Crippen molar-refractivity contribution in [2.45, 2.75) is 13.1 Å². The van der Waals surface area contributed by atoms with Gasteiger partial charge in [-0.2, -0.15) is 0 Å². The number of anilines is 1. The van der Waals surface area contributed by atoms with Gasteiger partial charge in [0.15, 0.2) is 0 Å². The van der Waals surface area contributed by atoms with Crippen molar-refractivity contribution in [3.63, 3.8) is 0 Å². The Bertz CT molecular complexity index is 835. The molecule has 3 heterocycles. The molecular weight excluding hydrogens is 284 g/mol. The molecule has 3 aromatic rings. The number of amides is 1. The average molecular weight is 298 g/mol. The van der Waals surface area contributed by atoms with Crippen molar-refractivity contribution >= 4 is 33.0 Å². The van der Waals surface area contributed by atoms with Crippen LogP contribution >= 0.6 is 11.3 Å². The van der Waals surface area contributed by atoms with Crippen molar-refractivity contribution in [2.24, 2.45) is 0 Å². The van der Waals surface area contributed by atoms with Crippen LogP contribution in [0, 0.1) is 0 Å². The first kappa shape index (κ1) is 12.4. The molecule has 2 N–H and O–H groups in total. The first-order chi connectivity index (χ1) is 10.2. The molecule has 2 aromatic heterocycles. The van der Waals surface area contributed by atoms with E-state index in [1.165, 1.54) is 11.3 Å². The summed E-state index contributed by atoms with van der Waals surface area (Å²) in [6, 6.07) is 7.67. The van der Waals surface area contributed by atoms with Crippen LogP contribution in [-0.2, 0) is 13.1 Å². The number of aromatic nitrogens is 2. The van der Waals surface area contributed by atoms with Gasteiger partial charge in [-0.15, -0.1) is 11.3 Å². The van der Waals surface area contributed by atoms with E-state index in [1.807, 2.05) is 35.4 Å². The summed E-state index contributed by atoms with van der Waals surface area (Å²) in [4.78, 5) is 19.6. The number of thiophene rings is 1. The molecule has 0 spiro atoms. The molecule has 0 fully saturated rings. The Kier molecular flexibility index (Phi) is 2.71. The van der Waals surface area contributed by atoms with Gasteiger partial charge in [0.25, 0.3) is 5.91 Å². The number of fused-ring (bicyclic) bond motifs is 2. The van der Waals surface area contributed by atoms with Gasteiger partial charge in [0.2, 0.25) is 0 Å². The molecule has 6 heteroatoms. The molecule has 1 aliphatic rings. The van der Waals surface area contributed by atoms with Crippen LogP contribution in [-0.4, -0.2) is 26.9 Å². The number of nitrogen functional groups attached to an aromatic ring is 1. The number of carbonyl (C=O) groups is 1. The molecule has 4 rings (SSSR count). The molecule has 1 aromatic carbocycles. The number of nitrogens with zero attached hydrogens (tertiary/aromatic N) is 3. The average Bonchev–Trinajstić information content (AvgIpc) is 3.11. The minimum atomic E-state index is 0.0732. The largest absolute Gasteiger partial charge is 0.399 e. The number of hydrogen-bond acceptors (Lipinski definition) is 4. The normalized spacial score (nSPS) is 14.4. The molecule has 0 radical (unpaired) electrons. The second-order valence-corrected chi connectivity index (χ2v) is 6.26. The van der Waals surface area contributed by atoms with E-state index in [0.29, 0.717) is 6.54 Å². The molecule has 0 saturated heterocycles. The summed E-state index contributed by atoms with van der Waals surface area (Å²) in [7, 11) is 0. The highest BCUT2D eigenvalue weighted by molar-refractivity contribution is 7.20. The molecule has 0 bridgehead atoms. The molecule has 0 aliphatic carbocycles. The summed E-state index contributed by atoms with van der Waals surface area (Å²) in [5, 5.41) is 1.03. The van der Waals surface area contributed by atoms with E-state index in [-0.39, 0.29) is 5.91 Å². The van der Waals surface area contributed by atoms with Crippen LogP contribution in [0.4, 0.5) is 5.69 Å². The van der Waals surface area contributed by atoms with E-state index in [9.17, 15) is 4.79 Å². The number of carbonyl (C=O) groups excluding carboxylic acids is 1. The third-order valence-corrected chi connectivity index (χ3v) is 4.89. The van der Waals surface area contributed by atoms with E-state index in [4.69, 9.17) is 5.73 Å². The van der Waals surface area contributed by atoms with Gasteiger partial charge in [0.1, 0.15) is 5.82 Å². The maximum absolute atomic E-state index is 12.7. The Hall–Kier alpha value is -2.34. The number of hydrogen-bond donors (Lipinski definition) is 1. The zero-order chi connectivity index (χ0) is 14.4. The third kappa shape index (κ3) is 2.08. The molecular formula is C15H14N4OS. The Morgan fingerprint density at radius 1 is 1.29 bits per heavy atom. The van der Waals surface area contributed by atoms with Crippen molar-refractivity contribution in [3.8, 4) is 0 Å². The Labute approximate surface area is 125 Å². The molecule has 106 valence electrons. The van der Waals surface area contributed by atoms with Gasteiger partial charge in [-0.05, 0) is 29.7 Å². The predicted molar refractivity (Wildman–Crippen MR) is 83.2 cm³/mol. The standard InChI is InChI=1S/C15H14N4OS/c16-11-1-2-12-10(7-11)8-13(21-12)15(20)19-6-5-18-4-3-17-14(18)9-19/h1-4,7-8H,5-6,9,16H2. The fourth-order valence-electron chi connectivity index (χ4n) is 2.67. The first-order valence-electron chi connectivity index (χ1n) is 6.79. The smallest absolute Gasteiger partial charge is 0.264 e. The third-order valence-electron chi connectivity index (χ3n) is 3.78. The second kappa shape index (κ2) is 4.60. The van der Waals surface area contributed by atoms with Gasteiger partial charge in [-0.3, -0.25) is 4.79 Å². The SMILES string of the molecule is Nc1ccc2sc(C(=O)N3CCn4ccnc4C3)cc2c1. The topological polar surface area (TPSA) is 64.2 Å². The molecule has 0 unspecified atom stereocenters. The zero-order valence-electron chi connectivity index (χ0n) is 11.3. The van der Waals surface area contributed by atoms with Crippen molar-refractivity contribution < 1.29 is 4.79 Å². The Balaban J connectivity index is 1.64. The lowest BCUT2D eigenvalue weighted by atomic mass is 10.2. The summed E-state index contributed by atoms with van der Waals surface area (Å²) in [6.07, 6.45) is 3.74. The quantitative estimate of drug-likeness (QED) is 0.701.